The zero-order valence-corrected chi connectivity index (χ0v) is 15.1. The maximum atomic E-state index is 12.3. The van der Waals surface area contributed by atoms with Crippen molar-refractivity contribution in [3.05, 3.63) is 10.6 Å². The Hall–Kier alpha value is -1.54. The summed E-state index contributed by atoms with van der Waals surface area (Å²) in [6.45, 7) is 6.92. The third kappa shape index (κ3) is 2.52. The van der Waals surface area contributed by atoms with Crippen LogP contribution < -0.4 is 0 Å². The standard InChI is InChI=1S/C16H23N3O4S/c1-7-12-11(8(2)20)15(21)19(12)13(16(22)23)14(7)24-10-5-17-9(3)18(4)6-10/h7-8,10-12,20H,5-6H2,1-4H3,(H,22,23)/t7?,8?,10?,11?,12-/m1/s1. The van der Waals surface area contributed by atoms with Crippen LogP contribution in [0.15, 0.2) is 15.6 Å². The van der Waals surface area contributed by atoms with Gasteiger partial charge in [-0.15, -0.1) is 11.8 Å². The number of hydrogen-bond acceptors (Lipinski definition) is 6. The number of nitrogens with zero attached hydrogens (tertiary/aromatic N) is 3. The summed E-state index contributed by atoms with van der Waals surface area (Å²) in [5.41, 5.74) is 0.0910. The molecule has 0 aromatic rings. The van der Waals surface area contributed by atoms with E-state index in [2.05, 4.69) is 9.89 Å². The number of carbonyl (C=O) groups is 2. The highest BCUT2D eigenvalue weighted by Crippen LogP contribution is 2.51. The van der Waals surface area contributed by atoms with Gasteiger partial charge in [0.05, 0.1) is 30.4 Å². The number of aliphatic hydroxyl groups is 1. The van der Waals surface area contributed by atoms with Gasteiger partial charge in [-0.3, -0.25) is 9.79 Å². The van der Waals surface area contributed by atoms with E-state index in [0.717, 1.165) is 17.3 Å². The third-order valence-electron chi connectivity index (χ3n) is 5.16. The first-order valence-corrected chi connectivity index (χ1v) is 8.99. The minimum absolute atomic E-state index is 0.0873. The molecule has 3 aliphatic heterocycles. The molecule has 24 heavy (non-hydrogen) atoms. The quantitative estimate of drug-likeness (QED) is 0.719. The summed E-state index contributed by atoms with van der Waals surface area (Å²) in [6, 6.07) is -0.252. The molecule has 2 N–H and O–H groups in total. The molecule has 0 aliphatic carbocycles. The van der Waals surface area contributed by atoms with Crippen LogP contribution in [-0.2, 0) is 9.59 Å². The lowest BCUT2D eigenvalue weighted by molar-refractivity contribution is -0.163. The van der Waals surface area contributed by atoms with Crippen LogP contribution in [-0.4, -0.2) is 75.3 Å². The number of aliphatic hydroxyl groups excluding tert-OH is 1. The Morgan fingerprint density at radius 2 is 2.12 bits per heavy atom. The third-order valence-corrected chi connectivity index (χ3v) is 6.61. The molecule has 3 rings (SSSR count). The van der Waals surface area contributed by atoms with E-state index in [4.69, 9.17) is 0 Å². The summed E-state index contributed by atoms with van der Waals surface area (Å²) in [6.07, 6.45) is -0.770. The van der Waals surface area contributed by atoms with Crippen molar-refractivity contribution in [3.63, 3.8) is 0 Å². The highest BCUT2D eigenvalue weighted by Gasteiger charge is 2.60. The first-order valence-electron chi connectivity index (χ1n) is 8.11. The van der Waals surface area contributed by atoms with Crippen LogP contribution in [0.1, 0.15) is 20.8 Å². The molecule has 0 radical (unpaired) electrons. The molecule has 1 amide bonds. The number of β-lactam (4-membered cyclic amide) rings is 1. The fourth-order valence-corrected chi connectivity index (χ4v) is 5.24. The van der Waals surface area contributed by atoms with E-state index < -0.39 is 18.0 Å². The second kappa shape index (κ2) is 6.07. The summed E-state index contributed by atoms with van der Waals surface area (Å²) >= 11 is 1.52. The molecule has 3 heterocycles. The number of aliphatic imine (C=N–C) groups is 1. The van der Waals surface area contributed by atoms with Gasteiger partial charge in [0.15, 0.2) is 0 Å². The monoisotopic (exact) mass is 353 g/mol. The molecule has 7 nitrogen and oxygen atoms in total. The van der Waals surface area contributed by atoms with Crippen molar-refractivity contribution >= 4 is 29.5 Å². The van der Waals surface area contributed by atoms with Gasteiger partial charge in [-0.1, -0.05) is 6.92 Å². The lowest BCUT2D eigenvalue weighted by Crippen LogP contribution is -2.63. The van der Waals surface area contributed by atoms with Crippen LogP contribution in [0.25, 0.3) is 0 Å². The van der Waals surface area contributed by atoms with Gasteiger partial charge in [0.25, 0.3) is 0 Å². The van der Waals surface area contributed by atoms with Crippen molar-refractivity contribution in [1.82, 2.24) is 9.80 Å². The summed E-state index contributed by atoms with van der Waals surface area (Å²) in [5.74, 6) is -0.984. The lowest BCUT2D eigenvalue weighted by Gasteiger charge is -2.46. The fourth-order valence-electron chi connectivity index (χ4n) is 3.78. The van der Waals surface area contributed by atoms with Gasteiger partial charge in [0, 0.05) is 29.7 Å². The molecule has 132 valence electrons. The maximum absolute atomic E-state index is 12.3. The van der Waals surface area contributed by atoms with Gasteiger partial charge < -0.3 is 20.0 Å². The summed E-state index contributed by atoms with van der Waals surface area (Å²) in [4.78, 5) is 32.7. The van der Waals surface area contributed by atoms with Crippen molar-refractivity contribution in [2.45, 2.75) is 38.2 Å². The van der Waals surface area contributed by atoms with Gasteiger partial charge in [0.1, 0.15) is 5.70 Å². The number of hydrogen-bond donors (Lipinski definition) is 2. The van der Waals surface area contributed by atoms with Crippen molar-refractivity contribution in [3.8, 4) is 0 Å². The van der Waals surface area contributed by atoms with Crippen LogP contribution in [0.3, 0.4) is 0 Å². The molecule has 8 heteroatoms. The van der Waals surface area contributed by atoms with Crippen LogP contribution in [0.4, 0.5) is 0 Å². The number of amidine groups is 1. The van der Waals surface area contributed by atoms with Gasteiger partial charge in [0.2, 0.25) is 5.91 Å². The van der Waals surface area contributed by atoms with Crippen molar-refractivity contribution in [2.24, 2.45) is 16.8 Å². The topological polar surface area (TPSA) is 93.4 Å². The number of thioether (sulfide) groups is 1. The molecule has 0 aromatic carbocycles. The fraction of sp³-hybridized carbons (Fsp3) is 0.688. The molecular weight excluding hydrogens is 330 g/mol. The van der Waals surface area contributed by atoms with Crippen LogP contribution in [0.2, 0.25) is 0 Å². The van der Waals surface area contributed by atoms with Gasteiger partial charge in [-0.2, -0.15) is 0 Å². The number of amides is 1. The van der Waals surface area contributed by atoms with Crippen LogP contribution in [0, 0.1) is 11.8 Å². The Labute approximate surface area is 145 Å². The van der Waals surface area contributed by atoms with E-state index in [1.807, 2.05) is 20.9 Å². The van der Waals surface area contributed by atoms with E-state index >= 15 is 0 Å². The van der Waals surface area contributed by atoms with Crippen LogP contribution in [0.5, 0.6) is 0 Å². The second-order valence-electron chi connectivity index (χ2n) is 6.78. The number of rotatable bonds is 4. The first-order chi connectivity index (χ1) is 11.2. The molecule has 1 fully saturated rings. The average Bonchev–Trinajstić information content (AvgIpc) is 2.73. The number of fused-ring (bicyclic) bond motifs is 1. The molecule has 0 bridgehead atoms. The molecule has 3 aliphatic rings. The predicted octanol–water partition coefficient (Wildman–Crippen LogP) is 0.606. The largest absolute Gasteiger partial charge is 0.477 e. The first kappa shape index (κ1) is 17.3. The number of carbonyl (C=O) groups excluding carboxylic acids is 1. The summed E-state index contributed by atoms with van der Waals surface area (Å²) in [5, 5.41) is 19.6. The summed E-state index contributed by atoms with van der Waals surface area (Å²) < 4.78 is 0. The van der Waals surface area contributed by atoms with Crippen molar-refractivity contribution in [2.75, 3.05) is 20.1 Å². The number of aliphatic carboxylic acids is 1. The Morgan fingerprint density at radius 1 is 1.46 bits per heavy atom. The van der Waals surface area contributed by atoms with E-state index in [9.17, 15) is 19.8 Å². The molecule has 0 aromatic heterocycles. The predicted molar refractivity (Wildman–Crippen MR) is 91.6 cm³/mol. The smallest absolute Gasteiger partial charge is 0.353 e. The summed E-state index contributed by atoms with van der Waals surface area (Å²) in [7, 11) is 1.97. The van der Waals surface area contributed by atoms with Crippen molar-refractivity contribution < 1.29 is 19.8 Å². The van der Waals surface area contributed by atoms with Crippen molar-refractivity contribution in [1.29, 1.82) is 0 Å². The van der Waals surface area contributed by atoms with Gasteiger partial charge in [-0.05, 0) is 13.8 Å². The molecule has 4 unspecified atom stereocenters. The molecule has 5 atom stereocenters. The number of carboxylic acids is 1. The Balaban J connectivity index is 1.86. The average molecular weight is 353 g/mol. The van der Waals surface area contributed by atoms with E-state index in [0.29, 0.717) is 6.54 Å². The zero-order valence-electron chi connectivity index (χ0n) is 14.3. The van der Waals surface area contributed by atoms with Crippen LogP contribution >= 0.6 is 11.8 Å². The normalized spacial score (nSPS) is 34.0. The molecule has 0 spiro atoms. The lowest BCUT2D eigenvalue weighted by atomic mass is 9.79. The maximum Gasteiger partial charge on any atom is 0.353 e. The Bertz CT molecular complexity index is 645. The SMILES string of the molecule is CC1=NCC(SC2=C(C(=O)O)N3C(=O)C(C(C)O)[C@H]3C2C)CN1C. The highest BCUT2D eigenvalue weighted by atomic mass is 32.2. The van der Waals surface area contributed by atoms with Gasteiger partial charge >= 0.3 is 5.97 Å². The minimum Gasteiger partial charge on any atom is -0.477 e. The highest BCUT2D eigenvalue weighted by molar-refractivity contribution is 8.03. The minimum atomic E-state index is -1.08. The number of carboxylic acid groups (broad SMARTS) is 1. The van der Waals surface area contributed by atoms with E-state index in [1.165, 1.54) is 16.7 Å². The van der Waals surface area contributed by atoms with E-state index in [1.54, 1.807) is 6.92 Å². The molecule has 0 saturated carbocycles. The van der Waals surface area contributed by atoms with E-state index in [-0.39, 0.29) is 28.8 Å². The Morgan fingerprint density at radius 3 is 2.67 bits per heavy atom. The van der Waals surface area contributed by atoms with Gasteiger partial charge in [-0.25, -0.2) is 4.79 Å². The second-order valence-corrected chi connectivity index (χ2v) is 8.12. The Kier molecular flexibility index (Phi) is 4.37. The molecule has 1 saturated heterocycles. The molecular formula is C16H23N3O4S. The zero-order chi connectivity index (χ0) is 17.8.